The molecule has 5 heteroatoms. The molecule has 25 heavy (non-hydrogen) atoms. The van der Waals surface area contributed by atoms with E-state index in [0.29, 0.717) is 23.7 Å². The molecule has 1 aromatic heterocycles. The van der Waals surface area contributed by atoms with E-state index in [1.165, 1.54) is 12.8 Å². The second kappa shape index (κ2) is 6.19. The van der Waals surface area contributed by atoms with E-state index in [0.717, 1.165) is 50.3 Å². The Bertz CT molecular complexity index is 681. The molecule has 2 aliphatic carbocycles. The third-order valence-electron chi connectivity index (χ3n) is 6.35. The van der Waals surface area contributed by atoms with Crippen molar-refractivity contribution in [3.8, 4) is 0 Å². The van der Waals surface area contributed by atoms with Crippen LogP contribution in [-0.2, 0) is 4.79 Å². The predicted molar refractivity (Wildman–Crippen MR) is 94.3 cm³/mol. The first-order valence-corrected chi connectivity index (χ1v) is 9.65. The maximum absolute atomic E-state index is 12.5. The number of nitrogens with zero attached hydrogens (tertiary/aromatic N) is 1. The van der Waals surface area contributed by atoms with E-state index in [4.69, 9.17) is 4.42 Å². The van der Waals surface area contributed by atoms with Gasteiger partial charge in [-0.3, -0.25) is 9.59 Å². The van der Waals surface area contributed by atoms with Crippen molar-refractivity contribution in [2.24, 2.45) is 5.92 Å². The fraction of sp³-hybridized carbons (Fsp3) is 0.700. The van der Waals surface area contributed by atoms with Gasteiger partial charge in [-0.2, -0.15) is 0 Å². The van der Waals surface area contributed by atoms with Crippen molar-refractivity contribution < 1.29 is 14.0 Å². The molecule has 2 saturated carbocycles. The van der Waals surface area contributed by atoms with E-state index >= 15 is 0 Å². The molecule has 3 fully saturated rings. The number of carbonyl (C=O) groups is 2. The summed E-state index contributed by atoms with van der Waals surface area (Å²) in [5, 5.41) is 3.17. The van der Waals surface area contributed by atoms with E-state index in [1.54, 1.807) is 0 Å². The average Bonchev–Trinajstić information content (AvgIpc) is 3.28. The largest absolute Gasteiger partial charge is 0.466 e. The minimum absolute atomic E-state index is 0.0346. The summed E-state index contributed by atoms with van der Waals surface area (Å²) >= 11 is 0. The normalized spacial score (nSPS) is 29.4. The van der Waals surface area contributed by atoms with Crippen LogP contribution in [0.2, 0.25) is 0 Å². The van der Waals surface area contributed by atoms with Crippen molar-refractivity contribution in [2.75, 3.05) is 6.54 Å². The Morgan fingerprint density at radius 3 is 2.56 bits per heavy atom. The lowest BCUT2D eigenvalue weighted by molar-refractivity contribution is -0.132. The zero-order valence-electron chi connectivity index (χ0n) is 15.3. The molecule has 0 radical (unpaired) electrons. The van der Waals surface area contributed by atoms with Crippen LogP contribution in [0.15, 0.2) is 10.5 Å². The number of hydrogen-bond acceptors (Lipinski definition) is 3. The zero-order valence-corrected chi connectivity index (χ0v) is 15.3. The first-order chi connectivity index (χ1) is 12.0. The minimum atomic E-state index is -0.0346. The molecule has 0 unspecified atom stereocenters. The van der Waals surface area contributed by atoms with Gasteiger partial charge in [-0.25, -0.2) is 0 Å². The van der Waals surface area contributed by atoms with Crippen LogP contribution < -0.4 is 5.32 Å². The van der Waals surface area contributed by atoms with Crippen molar-refractivity contribution in [1.82, 2.24) is 10.2 Å². The Morgan fingerprint density at radius 1 is 1.24 bits per heavy atom. The van der Waals surface area contributed by atoms with Crippen molar-refractivity contribution >= 4 is 11.8 Å². The van der Waals surface area contributed by atoms with Gasteiger partial charge < -0.3 is 14.6 Å². The van der Waals surface area contributed by atoms with E-state index in [2.05, 4.69) is 10.2 Å². The molecule has 1 aliphatic heterocycles. The Hall–Kier alpha value is -1.78. The van der Waals surface area contributed by atoms with Gasteiger partial charge in [0.25, 0.3) is 5.91 Å². The van der Waals surface area contributed by atoms with Crippen molar-refractivity contribution in [2.45, 2.75) is 76.8 Å². The van der Waals surface area contributed by atoms with E-state index < -0.39 is 0 Å². The van der Waals surface area contributed by atoms with Gasteiger partial charge in [-0.1, -0.05) is 0 Å². The molecule has 5 nitrogen and oxygen atoms in total. The van der Waals surface area contributed by atoms with Crippen LogP contribution in [0.1, 0.15) is 73.2 Å². The molecule has 136 valence electrons. The number of carbonyl (C=O) groups excluding carboxylic acids is 2. The Morgan fingerprint density at radius 2 is 1.96 bits per heavy atom. The summed E-state index contributed by atoms with van der Waals surface area (Å²) in [5.41, 5.74) is 0.715. The standard InChI is InChI=1S/C20H28N2O3/c1-13-11-17(14(2)25-13)19(24)21-16-5-8-20(9-6-16)10-7-18(23)22(20)12-15-3-4-15/h11,15-16H,3-10,12H2,1-2H3,(H,21,24). The fourth-order valence-electron chi connectivity index (χ4n) is 4.67. The maximum atomic E-state index is 12.5. The molecule has 2 heterocycles. The maximum Gasteiger partial charge on any atom is 0.255 e. The summed E-state index contributed by atoms with van der Waals surface area (Å²) in [7, 11) is 0. The Balaban J connectivity index is 1.37. The van der Waals surface area contributed by atoms with Crippen LogP contribution in [0.3, 0.4) is 0 Å². The molecule has 0 atom stereocenters. The van der Waals surface area contributed by atoms with Crippen molar-refractivity contribution in [3.05, 3.63) is 23.2 Å². The predicted octanol–water partition coefficient (Wildman–Crippen LogP) is 3.34. The van der Waals surface area contributed by atoms with Crippen LogP contribution in [0.4, 0.5) is 0 Å². The molecule has 1 N–H and O–H groups in total. The molecule has 0 aromatic carbocycles. The van der Waals surface area contributed by atoms with Crippen LogP contribution in [-0.4, -0.2) is 34.8 Å². The van der Waals surface area contributed by atoms with Gasteiger partial charge in [0.1, 0.15) is 11.5 Å². The minimum Gasteiger partial charge on any atom is -0.466 e. The quantitative estimate of drug-likeness (QED) is 0.911. The molecule has 0 bridgehead atoms. The van der Waals surface area contributed by atoms with E-state index in [9.17, 15) is 9.59 Å². The molecular weight excluding hydrogens is 316 g/mol. The third-order valence-corrected chi connectivity index (χ3v) is 6.35. The fourth-order valence-corrected chi connectivity index (χ4v) is 4.67. The van der Waals surface area contributed by atoms with Gasteiger partial charge in [0.15, 0.2) is 0 Å². The number of amides is 2. The van der Waals surface area contributed by atoms with E-state index in [1.807, 2.05) is 19.9 Å². The lowest BCUT2D eigenvalue weighted by Gasteiger charge is -2.44. The summed E-state index contributed by atoms with van der Waals surface area (Å²) in [6, 6.07) is 2.01. The summed E-state index contributed by atoms with van der Waals surface area (Å²) in [6.07, 6.45) is 8.20. The number of rotatable bonds is 4. The first-order valence-electron chi connectivity index (χ1n) is 9.65. The molecular formula is C20H28N2O3. The molecule has 1 spiro atoms. The summed E-state index contributed by atoms with van der Waals surface area (Å²) in [4.78, 5) is 27.0. The smallest absolute Gasteiger partial charge is 0.255 e. The average molecular weight is 344 g/mol. The lowest BCUT2D eigenvalue weighted by Crippen LogP contribution is -2.51. The molecule has 1 saturated heterocycles. The Kier molecular flexibility index (Phi) is 4.13. The SMILES string of the molecule is Cc1cc(C(=O)NC2CCC3(CCC(=O)N3CC3CC3)CC2)c(C)o1. The lowest BCUT2D eigenvalue weighted by atomic mass is 9.77. The van der Waals surface area contributed by atoms with Gasteiger partial charge >= 0.3 is 0 Å². The topological polar surface area (TPSA) is 62.6 Å². The second-order valence-electron chi connectivity index (χ2n) is 8.25. The van der Waals surface area contributed by atoms with Gasteiger partial charge in [0.05, 0.1) is 5.56 Å². The van der Waals surface area contributed by atoms with Crippen LogP contribution in [0.25, 0.3) is 0 Å². The number of furan rings is 1. The van der Waals surface area contributed by atoms with Crippen molar-refractivity contribution in [3.63, 3.8) is 0 Å². The van der Waals surface area contributed by atoms with Gasteiger partial charge in [-0.05, 0) is 70.8 Å². The summed E-state index contributed by atoms with van der Waals surface area (Å²) < 4.78 is 5.46. The summed E-state index contributed by atoms with van der Waals surface area (Å²) in [6.45, 7) is 4.65. The van der Waals surface area contributed by atoms with Crippen LogP contribution >= 0.6 is 0 Å². The highest BCUT2D eigenvalue weighted by Gasteiger charge is 2.48. The second-order valence-corrected chi connectivity index (χ2v) is 8.25. The highest BCUT2D eigenvalue weighted by atomic mass is 16.3. The number of aryl methyl sites for hydroxylation is 2. The van der Waals surface area contributed by atoms with Crippen LogP contribution in [0, 0.1) is 19.8 Å². The van der Waals surface area contributed by atoms with Gasteiger partial charge in [0.2, 0.25) is 5.91 Å². The van der Waals surface area contributed by atoms with Crippen LogP contribution in [0.5, 0.6) is 0 Å². The molecule has 4 rings (SSSR count). The monoisotopic (exact) mass is 344 g/mol. The number of likely N-dealkylation sites (tertiary alicyclic amines) is 1. The molecule has 1 aromatic rings. The molecule has 2 amide bonds. The van der Waals surface area contributed by atoms with Gasteiger partial charge in [-0.15, -0.1) is 0 Å². The third kappa shape index (κ3) is 3.21. The highest BCUT2D eigenvalue weighted by molar-refractivity contribution is 5.95. The highest BCUT2D eigenvalue weighted by Crippen LogP contribution is 2.44. The zero-order chi connectivity index (χ0) is 17.6. The van der Waals surface area contributed by atoms with E-state index in [-0.39, 0.29) is 17.5 Å². The first kappa shape index (κ1) is 16.7. The van der Waals surface area contributed by atoms with Gasteiger partial charge in [0, 0.05) is 24.5 Å². The van der Waals surface area contributed by atoms with Crippen molar-refractivity contribution in [1.29, 1.82) is 0 Å². The number of nitrogens with one attached hydrogen (secondary N) is 1. The number of hydrogen-bond donors (Lipinski definition) is 1. The molecule has 3 aliphatic rings. The Labute approximate surface area is 149 Å². The summed E-state index contributed by atoms with van der Waals surface area (Å²) in [5.74, 6) is 2.50.